The Morgan fingerprint density at radius 3 is 2.74 bits per heavy atom. The predicted octanol–water partition coefficient (Wildman–Crippen LogP) is 2.55. The number of amidine groups is 1. The van der Waals surface area contributed by atoms with Crippen molar-refractivity contribution in [1.82, 2.24) is 5.32 Å². The Morgan fingerprint density at radius 2 is 2.09 bits per heavy atom. The molecule has 0 spiro atoms. The van der Waals surface area contributed by atoms with E-state index in [1.165, 1.54) is 11.8 Å². The Balaban J connectivity index is 1.88. The summed E-state index contributed by atoms with van der Waals surface area (Å²) < 4.78 is 0. The van der Waals surface area contributed by atoms with Gasteiger partial charge in [0.15, 0.2) is 5.17 Å². The molecule has 1 saturated heterocycles. The standard InChI is InChI=1S/C16H20N4O2S/c1-10(2)9-17-20-16-19-15(22)13(23-16)8-14(21)18-12-6-4-11(3)5-7-12/h4-7,9-10,13H,8H2,1-3H3,(H,18,21)(H,19,20,22)/b17-9-/t13-/m0/s1. The van der Waals surface area contributed by atoms with Gasteiger partial charge >= 0.3 is 0 Å². The van der Waals surface area contributed by atoms with Gasteiger partial charge in [0.1, 0.15) is 5.25 Å². The fraction of sp³-hybridized carbons (Fsp3) is 0.375. The molecule has 23 heavy (non-hydrogen) atoms. The summed E-state index contributed by atoms with van der Waals surface area (Å²) in [4.78, 5) is 23.9. The predicted molar refractivity (Wildman–Crippen MR) is 94.7 cm³/mol. The van der Waals surface area contributed by atoms with Gasteiger partial charge < -0.3 is 10.6 Å². The minimum Gasteiger partial charge on any atom is -0.326 e. The van der Waals surface area contributed by atoms with Crippen LogP contribution in [0.3, 0.4) is 0 Å². The summed E-state index contributed by atoms with van der Waals surface area (Å²) in [7, 11) is 0. The second kappa shape index (κ2) is 7.92. The number of hydrogen-bond acceptors (Lipinski definition) is 5. The van der Waals surface area contributed by atoms with Crippen LogP contribution in [-0.4, -0.2) is 28.4 Å². The number of aryl methyl sites for hydroxylation is 1. The highest BCUT2D eigenvalue weighted by Crippen LogP contribution is 2.23. The van der Waals surface area contributed by atoms with Gasteiger partial charge in [0.2, 0.25) is 11.8 Å². The first kappa shape index (κ1) is 17.2. The van der Waals surface area contributed by atoms with Crippen LogP contribution in [0.1, 0.15) is 25.8 Å². The highest BCUT2D eigenvalue weighted by Gasteiger charge is 2.32. The van der Waals surface area contributed by atoms with Gasteiger partial charge in [0, 0.05) is 18.3 Å². The molecule has 2 rings (SSSR count). The molecule has 2 amide bonds. The first-order chi connectivity index (χ1) is 10.9. The molecule has 1 aromatic rings. The molecule has 1 atom stereocenters. The van der Waals surface area contributed by atoms with Gasteiger partial charge in [0.05, 0.1) is 0 Å². The summed E-state index contributed by atoms with van der Waals surface area (Å²) in [6.45, 7) is 5.96. The maximum Gasteiger partial charge on any atom is 0.240 e. The molecule has 0 saturated carbocycles. The topological polar surface area (TPSA) is 82.9 Å². The molecule has 0 radical (unpaired) electrons. The van der Waals surface area contributed by atoms with E-state index in [2.05, 4.69) is 20.8 Å². The SMILES string of the molecule is Cc1ccc(NC(=O)C[C@@H]2S/C(=N/N=C\C(C)C)NC2=O)cc1. The van der Waals surface area contributed by atoms with E-state index in [-0.39, 0.29) is 24.2 Å². The average Bonchev–Trinajstić information content (AvgIpc) is 2.81. The van der Waals surface area contributed by atoms with Crippen molar-refractivity contribution in [1.29, 1.82) is 0 Å². The number of benzene rings is 1. The Morgan fingerprint density at radius 1 is 1.39 bits per heavy atom. The lowest BCUT2D eigenvalue weighted by Gasteiger charge is -2.07. The summed E-state index contributed by atoms with van der Waals surface area (Å²) in [5.74, 6) is -0.126. The van der Waals surface area contributed by atoms with Crippen LogP contribution in [0.2, 0.25) is 0 Å². The molecule has 122 valence electrons. The van der Waals surface area contributed by atoms with Crippen LogP contribution in [0.15, 0.2) is 34.5 Å². The molecular formula is C16H20N4O2S. The van der Waals surface area contributed by atoms with Crippen molar-refractivity contribution >= 4 is 40.6 Å². The van der Waals surface area contributed by atoms with Crippen molar-refractivity contribution in [3.63, 3.8) is 0 Å². The molecule has 1 aromatic carbocycles. The largest absolute Gasteiger partial charge is 0.326 e. The van der Waals surface area contributed by atoms with Crippen molar-refractivity contribution in [2.75, 3.05) is 5.32 Å². The quantitative estimate of drug-likeness (QED) is 0.642. The van der Waals surface area contributed by atoms with E-state index in [4.69, 9.17) is 0 Å². The summed E-state index contributed by atoms with van der Waals surface area (Å²) in [5.41, 5.74) is 1.84. The first-order valence-corrected chi connectivity index (χ1v) is 8.27. The van der Waals surface area contributed by atoms with E-state index < -0.39 is 5.25 Å². The van der Waals surface area contributed by atoms with E-state index in [1.54, 1.807) is 6.21 Å². The minimum atomic E-state index is -0.478. The lowest BCUT2D eigenvalue weighted by molar-refractivity contribution is -0.122. The maximum absolute atomic E-state index is 12.0. The van der Waals surface area contributed by atoms with Crippen LogP contribution in [0.25, 0.3) is 0 Å². The normalized spacial score (nSPS) is 19.6. The number of thioether (sulfide) groups is 1. The zero-order valence-corrected chi connectivity index (χ0v) is 14.2. The zero-order valence-electron chi connectivity index (χ0n) is 13.4. The fourth-order valence-electron chi connectivity index (χ4n) is 1.82. The number of nitrogens with zero attached hydrogens (tertiary/aromatic N) is 2. The summed E-state index contributed by atoms with van der Waals surface area (Å²) in [5, 5.41) is 13.2. The molecule has 1 heterocycles. The number of carbonyl (C=O) groups is 2. The van der Waals surface area contributed by atoms with Crippen LogP contribution < -0.4 is 10.6 Å². The molecule has 1 fully saturated rings. The van der Waals surface area contributed by atoms with Gasteiger partial charge in [-0.3, -0.25) is 9.59 Å². The lowest BCUT2D eigenvalue weighted by Crippen LogP contribution is -2.28. The van der Waals surface area contributed by atoms with Crippen molar-refractivity contribution in [2.24, 2.45) is 16.1 Å². The van der Waals surface area contributed by atoms with Gasteiger partial charge in [-0.05, 0) is 25.0 Å². The van der Waals surface area contributed by atoms with Crippen LogP contribution in [0.5, 0.6) is 0 Å². The van der Waals surface area contributed by atoms with Crippen LogP contribution in [0, 0.1) is 12.8 Å². The van der Waals surface area contributed by atoms with Gasteiger partial charge in [0.25, 0.3) is 0 Å². The van der Waals surface area contributed by atoms with E-state index in [9.17, 15) is 9.59 Å². The summed E-state index contributed by atoms with van der Waals surface area (Å²) in [6.07, 6.45) is 1.79. The molecular weight excluding hydrogens is 312 g/mol. The van der Waals surface area contributed by atoms with Crippen molar-refractivity contribution in [3.8, 4) is 0 Å². The lowest BCUT2D eigenvalue weighted by atomic mass is 10.2. The molecule has 0 bridgehead atoms. The number of carbonyl (C=O) groups excluding carboxylic acids is 2. The number of rotatable bonds is 5. The third-order valence-corrected chi connectivity index (χ3v) is 4.07. The molecule has 0 aromatic heterocycles. The van der Waals surface area contributed by atoms with Gasteiger partial charge in [-0.25, -0.2) is 0 Å². The number of anilines is 1. The maximum atomic E-state index is 12.0. The Hall–Kier alpha value is -2.15. The Labute approximate surface area is 139 Å². The zero-order chi connectivity index (χ0) is 16.8. The minimum absolute atomic E-state index is 0.0945. The first-order valence-electron chi connectivity index (χ1n) is 7.39. The molecule has 1 aliphatic rings. The molecule has 6 nitrogen and oxygen atoms in total. The van der Waals surface area contributed by atoms with E-state index >= 15 is 0 Å². The highest BCUT2D eigenvalue weighted by molar-refractivity contribution is 8.15. The number of amides is 2. The molecule has 0 aliphatic carbocycles. The van der Waals surface area contributed by atoms with Crippen LogP contribution >= 0.6 is 11.8 Å². The number of hydrogen-bond donors (Lipinski definition) is 2. The average molecular weight is 332 g/mol. The van der Waals surface area contributed by atoms with Gasteiger partial charge in [-0.15, -0.1) is 5.10 Å². The summed E-state index contributed by atoms with van der Waals surface area (Å²) in [6, 6.07) is 7.51. The Bertz CT molecular complexity index is 638. The molecule has 1 aliphatic heterocycles. The highest BCUT2D eigenvalue weighted by atomic mass is 32.2. The third kappa shape index (κ3) is 5.52. The number of nitrogens with one attached hydrogen (secondary N) is 2. The van der Waals surface area contributed by atoms with Gasteiger partial charge in [-0.1, -0.05) is 43.3 Å². The van der Waals surface area contributed by atoms with Crippen molar-refractivity contribution in [2.45, 2.75) is 32.4 Å². The van der Waals surface area contributed by atoms with E-state index in [0.29, 0.717) is 5.17 Å². The van der Waals surface area contributed by atoms with E-state index in [0.717, 1.165) is 11.3 Å². The van der Waals surface area contributed by atoms with Gasteiger partial charge in [-0.2, -0.15) is 5.10 Å². The second-order valence-corrected chi connectivity index (χ2v) is 6.82. The molecule has 0 unspecified atom stereocenters. The monoisotopic (exact) mass is 332 g/mol. The molecule has 7 heteroatoms. The van der Waals surface area contributed by atoms with E-state index in [1.807, 2.05) is 45.0 Å². The van der Waals surface area contributed by atoms with Crippen LogP contribution in [0.4, 0.5) is 5.69 Å². The smallest absolute Gasteiger partial charge is 0.240 e. The molecule has 2 N–H and O–H groups in total. The second-order valence-electron chi connectivity index (χ2n) is 5.63. The van der Waals surface area contributed by atoms with Crippen LogP contribution in [-0.2, 0) is 9.59 Å². The van der Waals surface area contributed by atoms with Crippen molar-refractivity contribution in [3.05, 3.63) is 29.8 Å². The fourth-order valence-corrected chi connectivity index (χ4v) is 2.75. The van der Waals surface area contributed by atoms with Crippen molar-refractivity contribution < 1.29 is 9.59 Å². The Kier molecular flexibility index (Phi) is 5.92. The third-order valence-electron chi connectivity index (χ3n) is 3.00. The summed E-state index contributed by atoms with van der Waals surface area (Å²) >= 11 is 1.23.